The Morgan fingerprint density at radius 3 is 2.22 bits per heavy atom. The van der Waals surface area contributed by atoms with Crippen molar-refractivity contribution in [3.8, 4) is 0 Å². The minimum atomic E-state index is 0.00583. The molecule has 1 heterocycles. The molecule has 0 amide bonds. The van der Waals surface area contributed by atoms with Crippen molar-refractivity contribution in [3.05, 3.63) is 0 Å². The van der Waals surface area contributed by atoms with Crippen LogP contribution in [0.15, 0.2) is 0 Å². The van der Waals surface area contributed by atoms with Crippen molar-refractivity contribution in [2.45, 2.75) is 70.3 Å². The Labute approximate surface area is 111 Å². The zero-order valence-electron chi connectivity index (χ0n) is 11.7. The second-order valence-corrected chi connectivity index (χ2v) is 5.81. The maximum Gasteiger partial charge on any atom is 0.307 e. The standard InChI is InChI=1S/C15H27NO2/c1-2-18-14(17)13-15(16-11-7-8-12-16)9-5-3-4-6-10-15/h2-13H2,1H3. The van der Waals surface area contributed by atoms with Crippen LogP contribution in [0.25, 0.3) is 0 Å². The van der Waals surface area contributed by atoms with Gasteiger partial charge in [0.2, 0.25) is 0 Å². The highest BCUT2D eigenvalue weighted by Crippen LogP contribution is 2.37. The van der Waals surface area contributed by atoms with Gasteiger partial charge in [0, 0.05) is 5.54 Å². The Bertz CT molecular complexity index is 264. The lowest BCUT2D eigenvalue weighted by molar-refractivity contribution is -0.146. The molecule has 0 bridgehead atoms. The third-order valence-electron chi connectivity index (χ3n) is 4.59. The molecule has 1 aliphatic heterocycles. The van der Waals surface area contributed by atoms with Gasteiger partial charge in [-0.05, 0) is 45.7 Å². The molecule has 2 rings (SSSR count). The molecule has 0 aromatic rings. The smallest absolute Gasteiger partial charge is 0.307 e. The summed E-state index contributed by atoms with van der Waals surface area (Å²) < 4.78 is 5.20. The summed E-state index contributed by atoms with van der Waals surface area (Å²) >= 11 is 0. The number of nitrogens with zero attached hydrogens (tertiary/aromatic N) is 1. The van der Waals surface area contributed by atoms with Gasteiger partial charge >= 0.3 is 5.97 Å². The lowest BCUT2D eigenvalue weighted by Crippen LogP contribution is -2.48. The minimum absolute atomic E-state index is 0.00583. The van der Waals surface area contributed by atoms with Crippen LogP contribution in [0.5, 0.6) is 0 Å². The highest BCUT2D eigenvalue weighted by Gasteiger charge is 2.40. The van der Waals surface area contributed by atoms with E-state index in [2.05, 4.69) is 4.90 Å². The van der Waals surface area contributed by atoms with E-state index in [0.717, 1.165) is 0 Å². The van der Waals surface area contributed by atoms with Crippen molar-refractivity contribution in [1.29, 1.82) is 0 Å². The molecular formula is C15H27NO2. The van der Waals surface area contributed by atoms with Gasteiger partial charge in [-0.1, -0.05) is 25.7 Å². The fourth-order valence-electron chi connectivity index (χ4n) is 3.66. The van der Waals surface area contributed by atoms with Crippen LogP contribution in [0, 0.1) is 0 Å². The molecule has 0 atom stereocenters. The molecule has 3 heteroatoms. The highest BCUT2D eigenvalue weighted by atomic mass is 16.5. The Hall–Kier alpha value is -0.570. The van der Waals surface area contributed by atoms with Gasteiger partial charge in [0.15, 0.2) is 0 Å². The first-order valence-electron chi connectivity index (χ1n) is 7.67. The van der Waals surface area contributed by atoms with E-state index in [1.54, 1.807) is 0 Å². The van der Waals surface area contributed by atoms with Crippen LogP contribution in [0.2, 0.25) is 0 Å². The van der Waals surface area contributed by atoms with Crippen LogP contribution in [-0.4, -0.2) is 36.1 Å². The van der Waals surface area contributed by atoms with Gasteiger partial charge in [0.1, 0.15) is 0 Å². The lowest BCUT2D eigenvalue weighted by atomic mass is 9.85. The number of hydrogen-bond donors (Lipinski definition) is 0. The maximum atomic E-state index is 11.9. The minimum Gasteiger partial charge on any atom is -0.466 e. The summed E-state index contributed by atoms with van der Waals surface area (Å²) in [5.41, 5.74) is 0.124. The predicted molar refractivity (Wildman–Crippen MR) is 72.5 cm³/mol. The summed E-state index contributed by atoms with van der Waals surface area (Å²) in [5, 5.41) is 0. The Balaban J connectivity index is 2.06. The largest absolute Gasteiger partial charge is 0.466 e. The number of esters is 1. The third kappa shape index (κ3) is 3.25. The highest BCUT2D eigenvalue weighted by molar-refractivity contribution is 5.71. The summed E-state index contributed by atoms with van der Waals surface area (Å²) in [4.78, 5) is 14.5. The molecule has 0 spiro atoms. The molecule has 0 unspecified atom stereocenters. The molecule has 0 N–H and O–H groups in total. The van der Waals surface area contributed by atoms with Crippen molar-refractivity contribution in [2.24, 2.45) is 0 Å². The van der Waals surface area contributed by atoms with Gasteiger partial charge in [-0.2, -0.15) is 0 Å². The third-order valence-corrected chi connectivity index (χ3v) is 4.59. The van der Waals surface area contributed by atoms with E-state index in [9.17, 15) is 4.79 Å². The fourth-order valence-corrected chi connectivity index (χ4v) is 3.66. The van der Waals surface area contributed by atoms with Gasteiger partial charge in [-0.3, -0.25) is 9.69 Å². The lowest BCUT2D eigenvalue weighted by Gasteiger charge is -2.41. The average Bonchev–Trinajstić information content (AvgIpc) is 2.79. The summed E-state index contributed by atoms with van der Waals surface area (Å²) in [7, 11) is 0. The zero-order chi connectivity index (χ0) is 12.8. The first kappa shape index (κ1) is 13.9. The topological polar surface area (TPSA) is 29.5 Å². The monoisotopic (exact) mass is 253 g/mol. The molecule has 2 fully saturated rings. The van der Waals surface area contributed by atoms with Crippen molar-refractivity contribution in [2.75, 3.05) is 19.7 Å². The van der Waals surface area contributed by atoms with Crippen molar-refractivity contribution in [3.63, 3.8) is 0 Å². The molecule has 1 saturated carbocycles. The fraction of sp³-hybridized carbons (Fsp3) is 0.933. The van der Waals surface area contributed by atoms with E-state index in [0.29, 0.717) is 13.0 Å². The molecule has 0 aromatic carbocycles. The molecule has 3 nitrogen and oxygen atoms in total. The van der Waals surface area contributed by atoms with Crippen LogP contribution in [-0.2, 0) is 9.53 Å². The van der Waals surface area contributed by atoms with Gasteiger partial charge < -0.3 is 4.74 Å². The average molecular weight is 253 g/mol. The van der Waals surface area contributed by atoms with Crippen LogP contribution in [0.1, 0.15) is 64.7 Å². The van der Waals surface area contributed by atoms with Gasteiger partial charge in [0.05, 0.1) is 13.0 Å². The van der Waals surface area contributed by atoms with Crippen molar-refractivity contribution >= 4 is 5.97 Å². The number of likely N-dealkylation sites (tertiary alicyclic amines) is 1. The van der Waals surface area contributed by atoms with Crippen molar-refractivity contribution < 1.29 is 9.53 Å². The molecule has 1 aliphatic carbocycles. The number of rotatable bonds is 4. The summed E-state index contributed by atoms with van der Waals surface area (Å²) in [6.45, 7) is 4.77. The Morgan fingerprint density at radius 2 is 1.67 bits per heavy atom. The molecule has 104 valence electrons. The number of ether oxygens (including phenoxy) is 1. The zero-order valence-corrected chi connectivity index (χ0v) is 11.7. The van der Waals surface area contributed by atoms with E-state index in [1.165, 1.54) is 64.5 Å². The van der Waals surface area contributed by atoms with E-state index in [-0.39, 0.29) is 11.5 Å². The van der Waals surface area contributed by atoms with E-state index in [1.807, 2.05) is 6.92 Å². The molecule has 2 aliphatic rings. The van der Waals surface area contributed by atoms with Crippen LogP contribution in [0.3, 0.4) is 0 Å². The van der Waals surface area contributed by atoms with Gasteiger partial charge in [-0.15, -0.1) is 0 Å². The van der Waals surface area contributed by atoms with Crippen molar-refractivity contribution in [1.82, 2.24) is 4.90 Å². The first-order valence-corrected chi connectivity index (χ1v) is 7.67. The van der Waals surface area contributed by atoms with E-state index in [4.69, 9.17) is 4.74 Å². The molecular weight excluding hydrogens is 226 g/mol. The molecule has 1 saturated heterocycles. The van der Waals surface area contributed by atoms with Gasteiger partial charge in [0.25, 0.3) is 0 Å². The molecule has 0 aromatic heterocycles. The normalized spacial score (nSPS) is 24.7. The maximum absolute atomic E-state index is 11.9. The summed E-state index contributed by atoms with van der Waals surface area (Å²) in [5.74, 6) is 0.00583. The quantitative estimate of drug-likeness (QED) is 0.569. The Kier molecular flexibility index (Phi) is 5.04. The Morgan fingerprint density at radius 1 is 1.06 bits per heavy atom. The summed E-state index contributed by atoms with van der Waals surface area (Å²) in [6.07, 6.45) is 10.8. The predicted octanol–water partition coefficient (Wildman–Crippen LogP) is 3.13. The molecule has 18 heavy (non-hydrogen) atoms. The molecule has 0 radical (unpaired) electrons. The second kappa shape index (κ2) is 6.55. The number of carbonyl (C=O) groups excluding carboxylic acids is 1. The van der Waals surface area contributed by atoms with Crippen LogP contribution in [0.4, 0.5) is 0 Å². The van der Waals surface area contributed by atoms with E-state index < -0.39 is 0 Å². The van der Waals surface area contributed by atoms with Crippen LogP contribution < -0.4 is 0 Å². The van der Waals surface area contributed by atoms with E-state index >= 15 is 0 Å². The van der Waals surface area contributed by atoms with Gasteiger partial charge in [-0.25, -0.2) is 0 Å². The summed E-state index contributed by atoms with van der Waals surface area (Å²) in [6, 6.07) is 0. The number of carbonyl (C=O) groups is 1. The first-order chi connectivity index (χ1) is 8.77. The number of hydrogen-bond acceptors (Lipinski definition) is 3. The SMILES string of the molecule is CCOC(=O)CC1(N2CCCC2)CCCCCC1. The van der Waals surface area contributed by atoms with Crippen LogP contribution >= 0.6 is 0 Å². The second-order valence-electron chi connectivity index (χ2n) is 5.81.